The average molecular weight is 506 g/mol. The Morgan fingerprint density at radius 1 is 0.467 bits per heavy atom. The van der Waals surface area contributed by atoms with Crippen LogP contribution in [-0.4, -0.2) is 58.6 Å². The third-order valence-electron chi connectivity index (χ3n) is 4.08. The van der Waals surface area contributed by atoms with Crippen LogP contribution in [-0.2, 0) is 0 Å². The maximum absolute atomic E-state index is 13.7. The molecular weight excluding hydrogens is 499 g/mol. The smallest absolute Gasteiger partial charge is 0.198 e. The Bertz CT molecular complexity index is 627. The Balaban J connectivity index is 3.58. The summed E-state index contributed by atoms with van der Waals surface area (Å²) < 4.78 is 222. The minimum Gasteiger partial charge on any atom is -0.198 e. The molecule has 0 amide bonds. The molecule has 1 aliphatic rings. The summed E-state index contributed by atoms with van der Waals surface area (Å²) in [5.41, 5.74) is 0. The van der Waals surface area contributed by atoms with Gasteiger partial charge in [-0.3, -0.25) is 0 Å². The quantitative estimate of drug-likeness (QED) is 0.339. The number of hydrogen-bond donors (Lipinski definition) is 0. The first kappa shape index (κ1) is 27.2. The van der Waals surface area contributed by atoms with Gasteiger partial charge in [-0.05, 0) is 18.6 Å². The van der Waals surface area contributed by atoms with Crippen molar-refractivity contribution in [3.8, 4) is 0 Å². The van der Waals surface area contributed by atoms with E-state index in [1.54, 1.807) is 0 Å². The largest absolute Gasteiger partial charge is 0.460 e. The zero-order chi connectivity index (χ0) is 24.4. The van der Waals surface area contributed by atoms with Gasteiger partial charge in [0.1, 0.15) is 0 Å². The lowest BCUT2D eigenvalue weighted by Gasteiger charge is -2.43. The van der Waals surface area contributed by atoms with E-state index in [4.69, 9.17) is 0 Å². The van der Waals surface area contributed by atoms with Crippen LogP contribution in [0.2, 0.25) is 0 Å². The molecule has 1 aliphatic heterocycles. The molecule has 1 heterocycles. The molecule has 1 fully saturated rings. The molecular formula is C12H7F17S. The summed E-state index contributed by atoms with van der Waals surface area (Å²) in [6, 6.07) is 0. The number of rotatable bonds is 7. The molecule has 0 N–H and O–H groups in total. The van der Waals surface area contributed by atoms with Crippen LogP contribution in [0.1, 0.15) is 12.8 Å². The molecule has 0 saturated carbocycles. The Labute approximate surface area is 159 Å². The van der Waals surface area contributed by atoms with Crippen molar-refractivity contribution in [1.82, 2.24) is 0 Å². The van der Waals surface area contributed by atoms with Crippen molar-refractivity contribution in [3.63, 3.8) is 0 Å². The summed E-state index contributed by atoms with van der Waals surface area (Å²) in [5.74, 6) is -56.1. The highest BCUT2D eigenvalue weighted by atomic mass is 32.2. The van der Waals surface area contributed by atoms with Crippen molar-refractivity contribution < 1.29 is 74.6 Å². The van der Waals surface area contributed by atoms with Crippen LogP contribution in [0.25, 0.3) is 0 Å². The van der Waals surface area contributed by atoms with Crippen LogP contribution in [0, 0.1) is 0 Å². The van der Waals surface area contributed by atoms with E-state index >= 15 is 0 Å². The molecule has 0 bridgehead atoms. The normalized spacial score (nSPS) is 21.3. The zero-order valence-electron chi connectivity index (χ0n) is 13.5. The monoisotopic (exact) mass is 506 g/mol. The van der Waals surface area contributed by atoms with Crippen LogP contribution in [0.15, 0.2) is 0 Å². The van der Waals surface area contributed by atoms with Crippen molar-refractivity contribution in [2.75, 3.05) is 5.75 Å². The molecule has 1 atom stereocenters. The van der Waals surface area contributed by atoms with E-state index in [9.17, 15) is 74.6 Å². The number of halogens is 17. The highest BCUT2D eigenvalue weighted by Crippen LogP contribution is 2.65. The minimum atomic E-state index is -8.56. The predicted octanol–water partition coefficient (Wildman–Crippen LogP) is 6.89. The summed E-state index contributed by atoms with van der Waals surface area (Å²) in [4.78, 5) is 0. The maximum Gasteiger partial charge on any atom is 0.460 e. The van der Waals surface area contributed by atoms with E-state index in [-0.39, 0.29) is 18.2 Å². The van der Waals surface area contributed by atoms with Gasteiger partial charge in [0.2, 0.25) is 0 Å². The molecule has 0 aliphatic carbocycles. The number of alkyl halides is 17. The summed E-state index contributed by atoms with van der Waals surface area (Å²) in [7, 11) is 0. The highest BCUT2D eigenvalue weighted by Gasteiger charge is 2.95. The molecule has 0 nitrogen and oxygen atoms in total. The topological polar surface area (TPSA) is 0 Å². The lowest BCUT2D eigenvalue weighted by molar-refractivity contribution is -0.461. The van der Waals surface area contributed by atoms with Gasteiger partial charge in [0, 0.05) is 0 Å². The van der Waals surface area contributed by atoms with Gasteiger partial charge in [-0.25, -0.2) is 0 Å². The van der Waals surface area contributed by atoms with Crippen molar-refractivity contribution in [2.45, 2.75) is 65.7 Å². The van der Waals surface area contributed by atoms with E-state index in [0.29, 0.717) is 0 Å². The van der Waals surface area contributed by atoms with Crippen LogP contribution >= 0.6 is 11.8 Å². The lowest BCUT2D eigenvalue weighted by atomic mass is 9.88. The lowest BCUT2D eigenvalue weighted by Crippen LogP contribution is -2.75. The van der Waals surface area contributed by atoms with Crippen LogP contribution < -0.4 is 0 Å². The molecule has 1 saturated heterocycles. The predicted molar refractivity (Wildman–Crippen MR) is 66.2 cm³/mol. The number of hydrogen-bond acceptors (Lipinski definition) is 1. The van der Waals surface area contributed by atoms with E-state index in [2.05, 4.69) is 0 Å². The molecule has 30 heavy (non-hydrogen) atoms. The van der Waals surface area contributed by atoms with Gasteiger partial charge >= 0.3 is 47.6 Å². The first-order valence-electron chi connectivity index (χ1n) is 7.18. The fourth-order valence-electron chi connectivity index (χ4n) is 2.24. The fraction of sp³-hybridized carbons (Fsp3) is 1.00. The summed E-state index contributed by atoms with van der Waals surface area (Å²) in [6.07, 6.45) is -9.12. The molecule has 1 unspecified atom stereocenters. The first-order chi connectivity index (χ1) is 12.9. The van der Waals surface area contributed by atoms with Gasteiger partial charge < -0.3 is 0 Å². The summed E-state index contributed by atoms with van der Waals surface area (Å²) in [6.45, 7) is 0. The molecule has 0 aromatic rings. The second-order valence-corrected chi connectivity index (χ2v) is 7.38. The van der Waals surface area contributed by atoms with Crippen molar-refractivity contribution in [2.24, 2.45) is 0 Å². The van der Waals surface area contributed by atoms with Gasteiger partial charge in [0.05, 0.1) is 5.25 Å². The molecule has 0 aromatic heterocycles. The second-order valence-electron chi connectivity index (χ2n) is 6.07. The van der Waals surface area contributed by atoms with Gasteiger partial charge in [-0.1, -0.05) is 0 Å². The molecule has 0 spiro atoms. The zero-order valence-corrected chi connectivity index (χ0v) is 14.3. The molecule has 1 rings (SSSR count). The third-order valence-corrected chi connectivity index (χ3v) is 5.54. The van der Waals surface area contributed by atoms with Gasteiger partial charge in [0.25, 0.3) is 0 Å². The van der Waals surface area contributed by atoms with Crippen LogP contribution in [0.3, 0.4) is 0 Å². The minimum absolute atomic E-state index is 0.189. The molecule has 18 heteroatoms. The SMILES string of the molecule is FC(F)(F)C(F)(F)C(F)(F)C(F)(F)C(F)(F)C(F)(F)C(F)(F)C(F)(F)C1CCCS1. The van der Waals surface area contributed by atoms with Crippen LogP contribution in [0.4, 0.5) is 74.6 Å². The standard InChI is InChI=1S/C12H7F17S/c13-5(14,4-2-1-3-30-4)6(15,16)7(17,18)8(19,20)9(21,22)10(23,24)11(25,26)12(27,28)29/h4H,1-3H2. The summed E-state index contributed by atoms with van der Waals surface area (Å²) >= 11 is -0.189. The van der Waals surface area contributed by atoms with Gasteiger partial charge in [-0.15, -0.1) is 0 Å². The Hall–Kier alpha value is -0.840. The summed E-state index contributed by atoms with van der Waals surface area (Å²) in [5, 5.41) is -2.89. The van der Waals surface area contributed by atoms with Crippen LogP contribution in [0.5, 0.6) is 0 Å². The Morgan fingerprint density at radius 3 is 1.10 bits per heavy atom. The fourth-order valence-corrected chi connectivity index (χ4v) is 3.55. The van der Waals surface area contributed by atoms with Gasteiger partial charge in [-0.2, -0.15) is 86.4 Å². The third kappa shape index (κ3) is 3.29. The first-order valence-corrected chi connectivity index (χ1v) is 8.23. The molecule has 0 aromatic carbocycles. The highest BCUT2D eigenvalue weighted by molar-refractivity contribution is 8.00. The van der Waals surface area contributed by atoms with Crippen molar-refractivity contribution in [1.29, 1.82) is 0 Å². The van der Waals surface area contributed by atoms with E-state index in [1.165, 1.54) is 0 Å². The van der Waals surface area contributed by atoms with E-state index in [0.717, 1.165) is 0 Å². The maximum atomic E-state index is 13.7. The van der Waals surface area contributed by atoms with Crippen molar-refractivity contribution >= 4 is 11.8 Å². The molecule has 0 radical (unpaired) electrons. The van der Waals surface area contributed by atoms with Gasteiger partial charge in [0.15, 0.2) is 0 Å². The Kier molecular flexibility index (Phi) is 6.42. The number of thioether (sulfide) groups is 1. The van der Waals surface area contributed by atoms with E-state index in [1.807, 2.05) is 0 Å². The van der Waals surface area contributed by atoms with E-state index < -0.39 is 65.1 Å². The second kappa shape index (κ2) is 7.08. The van der Waals surface area contributed by atoms with Crippen molar-refractivity contribution in [3.05, 3.63) is 0 Å². The molecule has 180 valence electrons. The average Bonchev–Trinajstić information content (AvgIpc) is 3.07. The Morgan fingerprint density at radius 2 is 0.800 bits per heavy atom.